The van der Waals surface area contributed by atoms with E-state index in [2.05, 4.69) is 22.8 Å². The molecule has 29 heavy (non-hydrogen) atoms. The lowest BCUT2D eigenvalue weighted by Crippen LogP contribution is -2.22. The Kier molecular flexibility index (Phi) is 16.7. The maximum absolute atomic E-state index is 11.0. The number of aryl methyl sites for hydroxylation is 1. The lowest BCUT2D eigenvalue weighted by Gasteiger charge is -2.08. The third-order valence-electron chi connectivity index (χ3n) is 4.02. The average molecular weight is 431 g/mol. The van der Waals surface area contributed by atoms with E-state index in [9.17, 15) is 4.79 Å². The summed E-state index contributed by atoms with van der Waals surface area (Å²) in [5, 5.41) is 6.69. The summed E-state index contributed by atoms with van der Waals surface area (Å²) < 4.78 is 21.6. The molecule has 1 aromatic rings. The summed E-state index contributed by atoms with van der Waals surface area (Å²) in [6, 6.07) is 8.00. The number of carbonyl (C=O) groups is 1. The second kappa shape index (κ2) is 18.8. The second-order valence-corrected chi connectivity index (χ2v) is 6.79. The zero-order valence-corrected chi connectivity index (χ0v) is 18.2. The number of halogens is 1. The molecule has 0 aliphatic heterocycles. The van der Waals surface area contributed by atoms with Gasteiger partial charge in [-0.05, 0) is 37.1 Å². The number of benzene rings is 1. The molecule has 0 unspecified atom stereocenters. The molecule has 166 valence electrons. The van der Waals surface area contributed by atoms with Crippen molar-refractivity contribution in [2.45, 2.75) is 19.3 Å². The Bertz CT molecular complexity index is 516. The van der Waals surface area contributed by atoms with E-state index in [1.54, 1.807) is 7.05 Å². The van der Waals surface area contributed by atoms with Crippen LogP contribution in [0.15, 0.2) is 24.3 Å². The Morgan fingerprint density at radius 3 is 1.97 bits per heavy atom. The molecule has 7 nitrogen and oxygen atoms in total. The zero-order chi connectivity index (χ0) is 21.0. The molecule has 1 amide bonds. The minimum absolute atomic E-state index is 0.0218. The maximum Gasteiger partial charge on any atom is 0.222 e. The van der Waals surface area contributed by atoms with Crippen LogP contribution in [0.5, 0.6) is 0 Å². The monoisotopic (exact) mass is 430 g/mol. The summed E-state index contributed by atoms with van der Waals surface area (Å²) in [4.78, 5) is 11.0. The summed E-state index contributed by atoms with van der Waals surface area (Å²) in [5.74, 6) is -0.0218. The van der Waals surface area contributed by atoms with Crippen LogP contribution in [0.4, 0.5) is 0 Å². The molecule has 2 N–H and O–H groups in total. The van der Waals surface area contributed by atoms with E-state index in [0.717, 1.165) is 31.0 Å². The summed E-state index contributed by atoms with van der Waals surface area (Å²) in [5.41, 5.74) is 1.31. The van der Waals surface area contributed by atoms with Crippen LogP contribution >= 0.6 is 11.6 Å². The first-order valence-electron chi connectivity index (χ1n) is 10.2. The van der Waals surface area contributed by atoms with Gasteiger partial charge in [0.15, 0.2) is 0 Å². The molecule has 0 bridgehead atoms. The van der Waals surface area contributed by atoms with E-state index < -0.39 is 0 Å². The van der Waals surface area contributed by atoms with Crippen LogP contribution in [-0.2, 0) is 30.2 Å². The molecule has 0 atom stereocenters. The Balaban J connectivity index is 1.72. The highest BCUT2D eigenvalue weighted by atomic mass is 35.5. The number of rotatable bonds is 19. The van der Waals surface area contributed by atoms with E-state index in [1.165, 1.54) is 5.56 Å². The number of amides is 1. The molecule has 0 fully saturated rings. The quantitative estimate of drug-likeness (QED) is 0.327. The third kappa shape index (κ3) is 16.3. The van der Waals surface area contributed by atoms with E-state index >= 15 is 0 Å². The van der Waals surface area contributed by atoms with Crippen molar-refractivity contribution in [3.8, 4) is 0 Å². The van der Waals surface area contributed by atoms with E-state index in [1.807, 2.05) is 12.1 Å². The number of carbonyl (C=O) groups excluding carboxylic acids is 1. The highest BCUT2D eigenvalue weighted by molar-refractivity contribution is 6.30. The summed E-state index contributed by atoms with van der Waals surface area (Å²) >= 11 is 5.87. The smallest absolute Gasteiger partial charge is 0.222 e. The second-order valence-electron chi connectivity index (χ2n) is 6.35. The Morgan fingerprint density at radius 2 is 1.38 bits per heavy atom. The van der Waals surface area contributed by atoms with E-state index in [4.69, 9.17) is 30.5 Å². The molecule has 8 heteroatoms. The minimum atomic E-state index is -0.0218. The van der Waals surface area contributed by atoms with Crippen molar-refractivity contribution in [2.75, 3.05) is 73.0 Å². The van der Waals surface area contributed by atoms with Crippen LogP contribution in [-0.4, -0.2) is 78.9 Å². The topological polar surface area (TPSA) is 78.1 Å². The number of nitrogens with one attached hydrogen (secondary N) is 2. The number of hydrogen-bond acceptors (Lipinski definition) is 6. The van der Waals surface area contributed by atoms with Crippen LogP contribution in [0.1, 0.15) is 18.4 Å². The number of hydrogen-bond donors (Lipinski definition) is 2. The first-order chi connectivity index (χ1) is 14.2. The summed E-state index contributed by atoms with van der Waals surface area (Å²) in [6.45, 7) is 6.06. The minimum Gasteiger partial charge on any atom is -0.379 e. The lowest BCUT2D eigenvalue weighted by atomic mass is 10.1. The van der Waals surface area contributed by atoms with Crippen LogP contribution in [0.3, 0.4) is 0 Å². The molecule has 0 aromatic heterocycles. The van der Waals surface area contributed by atoms with E-state index in [0.29, 0.717) is 59.3 Å². The Morgan fingerprint density at radius 1 is 0.828 bits per heavy atom. The summed E-state index contributed by atoms with van der Waals surface area (Å²) in [6.07, 6.45) is 2.51. The molecule has 1 aromatic carbocycles. The fraction of sp³-hybridized carbons (Fsp3) is 0.667. The standard InChI is InChI=1S/C21H35ClN2O5/c1-23-21(25)8-11-26-13-15-28-17-18-29-16-14-27-12-10-24-9-2-3-19-4-6-20(22)7-5-19/h4-7,24H,2-3,8-18H2,1H3,(H,23,25). The van der Waals surface area contributed by atoms with Crippen molar-refractivity contribution >= 4 is 17.5 Å². The normalized spacial score (nSPS) is 11.0. The van der Waals surface area contributed by atoms with Gasteiger partial charge in [0, 0.05) is 25.0 Å². The van der Waals surface area contributed by atoms with Crippen molar-refractivity contribution in [3.05, 3.63) is 34.9 Å². The van der Waals surface area contributed by atoms with Gasteiger partial charge in [0.05, 0.1) is 52.9 Å². The van der Waals surface area contributed by atoms with Gasteiger partial charge in [0.25, 0.3) is 0 Å². The van der Waals surface area contributed by atoms with Gasteiger partial charge in [-0.2, -0.15) is 0 Å². The highest BCUT2D eigenvalue weighted by Crippen LogP contribution is 2.10. The van der Waals surface area contributed by atoms with E-state index in [-0.39, 0.29) is 5.91 Å². The molecular weight excluding hydrogens is 396 g/mol. The van der Waals surface area contributed by atoms with Crippen molar-refractivity contribution in [2.24, 2.45) is 0 Å². The molecule has 0 heterocycles. The van der Waals surface area contributed by atoms with Gasteiger partial charge in [0.2, 0.25) is 5.91 Å². The summed E-state index contributed by atoms with van der Waals surface area (Å²) in [7, 11) is 1.61. The molecule has 0 spiro atoms. The first kappa shape index (κ1) is 25.8. The maximum atomic E-state index is 11.0. The molecular formula is C21H35ClN2O5. The van der Waals surface area contributed by atoms with Gasteiger partial charge >= 0.3 is 0 Å². The molecule has 0 saturated heterocycles. The van der Waals surface area contributed by atoms with Crippen LogP contribution in [0, 0.1) is 0 Å². The molecule has 0 radical (unpaired) electrons. The van der Waals surface area contributed by atoms with Crippen LogP contribution in [0.25, 0.3) is 0 Å². The van der Waals surface area contributed by atoms with Gasteiger partial charge in [-0.1, -0.05) is 23.7 Å². The zero-order valence-electron chi connectivity index (χ0n) is 17.4. The SMILES string of the molecule is CNC(=O)CCOCCOCCOCCOCCNCCCc1ccc(Cl)cc1. The molecule has 1 rings (SSSR count). The first-order valence-corrected chi connectivity index (χ1v) is 10.6. The van der Waals surface area contributed by atoms with Crippen LogP contribution < -0.4 is 10.6 Å². The highest BCUT2D eigenvalue weighted by Gasteiger charge is 1.97. The van der Waals surface area contributed by atoms with Crippen LogP contribution in [0.2, 0.25) is 5.02 Å². The van der Waals surface area contributed by atoms with Gasteiger partial charge in [-0.15, -0.1) is 0 Å². The van der Waals surface area contributed by atoms with Gasteiger partial charge in [0.1, 0.15) is 0 Å². The lowest BCUT2D eigenvalue weighted by molar-refractivity contribution is -0.121. The van der Waals surface area contributed by atoms with Crippen molar-refractivity contribution in [3.63, 3.8) is 0 Å². The van der Waals surface area contributed by atoms with Crippen molar-refractivity contribution in [1.82, 2.24) is 10.6 Å². The van der Waals surface area contributed by atoms with Crippen molar-refractivity contribution in [1.29, 1.82) is 0 Å². The average Bonchev–Trinajstić information content (AvgIpc) is 2.74. The van der Waals surface area contributed by atoms with Gasteiger partial charge in [-0.3, -0.25) is 4.79 Å². The van der Waals surface area contributed by atoms with Gasteiger partial charge in [-0.25, -0.2) is 0 Å². The molecule has 0 saturated carbocycles. The fourth-order valence-electron chi connectivity index (χ4n) is 2.39. The number of ether oxygens (including phenoxy) is 4. The predicted octanol–water partition coefficient (Wildman–Crippen LogP) is 2.06. The molecule has 0 aliphatic carbocycles. The Labute approximate surface area is 179 Å². The van der Waals surface area contributed by atoms with Gasteiger partial charge < -0.3 is 29.6 Å². The largest absolute Gasteiger partial charge is 0.379 e. The Hall–Kier alpha value is -1.22. The third-order valence-corrected chi connectivity index (χ3v) is 4.28. The molecule has 0 aliphatic rings. The fourth-order valence-corrected chi connectivity index (χ4v) is 2.52. The predicted molar refractivity (Wildman–Crippen MR) is 115 cm³/mol. The van der Waals surface area contributed by atoms with Crippen molar-refractivity contribution < 1.29 is 23.7 Å².